The maximum atomic E-state index is 2.48. The zero-order chi connectivity index (χ0) is 35.5. The number of nitrogens with zero attached hydrogens (tertiary/aromatic N) is 1. The van der Waals surface area contributed by atoms with E-state index in [0.29, 0.717) is 0 Å². The number of hydrogen-bond acceptors (Lipinski definition) is 1. The van der Waals surface area contributed by atoms with E-state index in [1.807, 2.05) is 0 Å². The normalized spacial score (nSPS) is 13.4. The van der Waals surface area contributed by atoms with Crippen LogP contribution in [-0.4, -0.2) is 0 Å². The highest BCUT2D eigenvalue weighted by molar-refractivity contribution is 6.18. The number of benzene rings is 8. The first-order valence-corrected chi connectivity index (χ1v) is 19.0. The van der Waals surface area contributed by atoms with E-state index in [4.69, 9.17) is 0 Å². The third-order valence-corrected chi connectivity index (χ3v) is 11.3. The van der Waals surface area contributed by atoms with Crippen LogP contribution >= 0.6 is 0 Å². The minimum absolute atomic E-state index is 1.07. The van der Waals surface area contributed by atoms with Gasteiger partial charge in [-0.25, -0.2) is 0 Å². The Kier molecular flexibility index (Phi) is 7.62. The third-order valence-electron chi connectivity index (χ3n) is 11.3. The number of rotatable bonds is 5. The van der Waals surface area contributed by atoms with Crippen LogP contribution in [0, 0.1) is 13.8 Å². The van der Waals surface area contributed by atoms with Crippen LogP contribution in [0.3, 0.4) is 0 Å². The molecular formula is C52H41N. The van der Waals surface area contributed by atoms with Gasteiger partial charge in [0.1, 0.15) is 0 Å². The lowest BCUT2D eigenvalue weighted by Gasteiger charge is -2.26. The van der Waals surface area contributed by atoms with Gasteiger partial charge in [0.25, 0.3) is 0 Å². The molecule has 0 spiro atoms. The van der Waals surface area contributed by atoms with Crippen LogP contribution in [-0.2, 0) is 12.8 Å². The molecule has 0 bridgehead atoms. The van der Waals surface area contributed by atoms with Gasteiger partial charge < -0.3 is 4.90 Å². The number of anilines is 3. The summed E-state index contributed by atoms with van der Waals surface area (Å²) in [6, 6.07) is 52.5. The Morgan fingerprint density at radius 2 is 1.17 bits per heavy atom. The molecule has 0 amide bonds. The van der Waals surface area contributed by atoms with Crippen molar-refractivity contribution in [2.45, 2.75) is 39.5 Å². The molecule has 2 aliphatic rings. The van der Waals surface area contributed by atoms with Crippen LogP contribution in [0.4, 0.5) is 17.1 Å². The zero-order valence-corrected chi connectivity index (χ0v) is 30.4. The number of para-hydroxylation sites is 1. The fourth-order valence-corrected chi connectivity index (χ4v) is 8.97. The van der Waals surface area contributed by atoms with Gasteiger partial charge in [0, 0.05) is 17.1 Å². The minimum Gasteiger partial charge on any atom is -0.310 e. The molecule has 2 aliphatic carbocycles. The third kappa shape index (κ3) is 5.56. The monoisotopic (exact) mass is 679 g/mol. The quantitative estimate of drug-likeness (QED) is 0.164. The molecule has 1 nitrogen and oxygen atoms in total. The predicted molar refractivity (Wildman–Crippen MR) is 229 cm³/mol. The van der Waals surface area contributed by atoms with Crippen molar-refractivity contribution in [3.63, 3.8) is 0 Å². The van der Waals surface area contributed by atoms with Gasteiger partial charge in [0.15, 0.2) is 0 Å². The van der Waals surface area contributed by atoms with E-state index in [9.17, 15) is 0 Å². The van der Waals surface area contributed by atoms with Crippen LogP contribution in [0.5, 0.6) is 0 Å². The topological polar surface area (TPSA) is 3.24 Å². The largest absolute Gasteiger partial charge is 0.310 e. The molecule has 1 heteroatoms. The second kappa shape index (κ2) is 12.8. The Hall–Kier alpha value is -6.18. The number of fused-ring (bicyclic) bond motifs is 7. The second-order valence-corrected chi connectivity index (χ2v) is 14.9. The average Bonchev–Trinajstić information content (AvgIpc) is 3.20. The van der Waals surface area contributed by atoms with Gasteiger partial charge in [-0.1, -0.05) is 103 Å². The van der Waals surface area contributed by atoms with Gasteiger partial charge in [0.2, 0.25) is 0 Å². The van der Waals surface area contributed by atoms with Crippen molar-refractivity contribution in [1.82, 2.24) is 0 Å². The van der Waals surface area contributed by atoms with Gasteiger partial charge in [-0.3, -0.25) is 0 Å². The van der Waals surface area contributed by atoms with E-state index < -0.39 is 0 Å². The summed E-state index contributed by atoms with van der Waals surface area (Å²) in [6.45, 7) is 4.35. The molecule has 0 saturated heterocycles. The molecule has 0 saturated carbocycles. The van der Waals surface area contributed by atoms with Crippen molar-refractivity contribution >= 4 is 61.5 Å². The lowest BCUT2D eigenvalue weighted by molar-refractivity contribution is 0.983. The predicted octanol–water partition coefficient (Wildman–Crippen LogP) is 14.5. The molecule has 0 N–H and O–H groups in total. The van der Waals surface area contributed by atoms with Crippen molar-refractivity contribution in [3.05, 3.63) is 185 Å². The standard InChI is InChI=1S/C52H41N/c1-34-26-35(2)28-45(27-34)53(43-14-4-3-5-15-43)44-25-24-38-30-41(23-21-39(38)31-44)51-33-42-32-50(40-22-20-36-12-6-7-13-37(36)29-40)46-16-8-10-18-48(46)52(42)49-19-11-9-17-47(49)51/h3-5,7,9-11,13-15,17-33H,6,8,12,16H2,1-2H3. The maximum absolute atomic E-state index is 2.48. The van der Waals surface area contributed by atoms with Gasteiger partial charge in [-0.05, 0) is 188 Å². The molecule has 0 aliphatic heterocycles. The van der Waals surface area contributed by atoms with Crippen molar-refractivity contribution in [2.75, 3.05) is 4.90 Å². The first-order chi connectivity index (χ1) is 26.1. The average molecular weight is 680 g/mol. The van der Waals surface area contributed by atoms with Gasteiger partial charge >= 0.3 is 0 Å². The summed E-state index contributed by atoms with van der Waals surface area (Å²) in [7, 11) is 0. The summed E-state index contributed by atoms with van der Waals surface area (Å²) in [5, 5.41) is 7.76. The van der Waals surface area contributed by atoms with Crippen LogP contribution < -0.4 is 4.90 Å². The first-order valence-electron chi connectivity index (χ1n) is 19.0. The molecule has 0 radical (unpaired) electrons. The van der Waals surface area contributed by atoms with E-state index in [0.717, 1.165) is 37.1 Å². The van der Waals surface area contributed by atoms with E-state index in [1.54, 1.807) is 0 Å². The molecular weight excluding hydrogens is 639 g/mol. The van der Waals surface area contributed by atoms with Crippen molar-refractivity contribution in [2.24, 2.45) is 0 Å². The Morgan fingerprint density at radius 3 is 2.04 bits per heavy atom. The van der Waals surface area contributed by atoms with Gasteiger partial charge in [-0.2, -0.15) is 0 Å². The summed E-state index contributed by atoms with van der Waals surface area (Å²) in [6.07, 6.45) is 13.8. The van der Waals surface area contributed by atoms with Crippen molar-refractivity contribution in [3.8, 4) is 22.3 Å². The fraction of sp³-hybridized carbons (Fsp3) is 0.115. The summed E-state index contributed by atoms with van der Waals surface area (Å²) < 4.78 is 0. The first kappa shape index (κ1) is 31.5. The van der Waals surface area contributed by atoms with E-state index in [2.05, 4.69) is 183 Å². The SMILES string of the molecule is Cc1cc(C)cc(N(c2ccccc2)c2ccc3cc(-c4cc5cc(-c6ccc7c(c6)C=CCC7)c6c(c5c5ccccc45)C=CCC6)ccc3c2)c1. The van der Waals surface area contributed by atoms with Gasteiger partial charge in [-0.15, -0.1) is 0 Å². The number of aryl methyl sites for hydroxylation is 3. The van der Waals surface area contributed by atoms with E-state index in [1.165, 1.54) is 93.6 Å². The van der Waals surface area contributed by atoms with Crippen molar-refractivity contribution < 1.29 is 0 Å². The summed E-state index contributed by atoms with van der Waals surface area (Å²) >= 11 is 0. The Balaban J connectivity index is 1.13. The maximum Gasteiger partial charge on any atom is 0.0468 e. The molecule has 0 heterocycles. The summed E-state index contributed by atoms with van der Waals surface area (Å²) in [5.41, 5.74) is 16.9. The Morgan fingerprint density at radius 1 is 0.472 bits per heavy atom. The smallest absolute Gasteiger partial charge is 0.0468 e. The fourth-order valence-electron chi connectivity index (χ4n) is 8.97. The number of allylic oxidation sites excluding steroid dienone is 2. The Bertz CT molecular complexity index is 2780. The highest BCUT2D eigenvalue weighted by Crippen LogP contribution is 2.44. The number of hydrogen-bond donors (Lipinski definition) is 0. The minimum atomic E-state index is 1.07. The highest BCUT2D eigenvalue weighted by atomic mass is 15.1. The van der Waals surface area contributed by atoms with E-state index >= 15 is 0 Å². The highest BCUT2D eigenvalue weighted by Gasteiger charge is 2.20. The van der Waals surface area contributed by atoms with E-state index in [-0.39, 0.29) is 0 Å². The summed E-state index contributed by atoms with van der Waals surface area (Å²) in [4.78, 5) is 2.37. The lowest BCUT2D eigenvalue weighted by atomic mass is 9.82. The zero-order valence-electron chi connectivity index (χ0n) is 30.4. The molecule has 8 aromatic carbocycles. The second-order valence-electron chi connectivity index (χ2n) is 14.9. The molecule has 0 aromatic heterocycles. The van der Waals surface area contributed by atoms with Crippen LogP contribution in [0.2, 0.25) is 0 Å². The van der Waals surface area contributed by atoms with Crippen LogP contribution in [0.25, 0.3) is 66.7 Å². The molecule has 8 aromatic rings. The molecule has 254 valence electrons. The molecule has 0 fully saturated rings. The molecule has 53 heavy (non-hydrogen) atoms. The Labute approximate surface area is 312 Å². The lowest BCUT2D eigenvalue weighted by Crippen LogP contribution is -2.10. The van der Waals surface area contributed by atoms with Crippen molar-refractivity contribution in [1.29, 1.82) is 0 Å². The molecule has 0 atom stereocenters. The molecule has 10 rings (SSSR count). The van der Waals surface area contributed by atoms with Gasteiger partial charge in [0.05, 0.1) is 0 Å². The summed E-state index contributed by atoms with van der Waals surface area (Å²) in [5.74, 6) is 0. The van der Waals surface area contributed by atoms with Crippen LogP contribution in [0.15, 0.2) is 152 Å². The molecule has 0 unspecified atom stereocenters. The van der Waals surface area contributed by atoms with Crippen LogP contribution in [0.1, 0.15) is 46.2 Å².